The maximum Gasteiger partial charge on any atom is 0.326 e. The van der Waals surface area contributed by atoms with Gasteiger partial charge in [0.05, 0.1) is 11.7 Å². The van der Waals surface area contributed by atoms with Crippen LogP contribution in [0.3, 0.4) is 0 Å². The van der Waals surface area contributed by atoms with Crippen molar-refractivity contribution in [3.05, 3.63) is 51.4 Å². The maximum atomic E-state index is 12.8. The highest BCUT2D eigenvalue weighted by atomic mass is 32.1. The van der Waals surface area contributed by atoms with Crippen LogP contribution in [0.2, 0.25) is 0 Å². The molecule has 5 nitrogen and oxygen atoms in total. The van der Waals surface area contributed by atoms with Crippen LogP contribution in [0.4, 0.5) is 0 Å². The monoisotopic (exact) mass is 328 g/mol. The summed E-state index contributed by atoms with van der Waals surface area (Å²) in [5.41, 5.74) is 3.70. The molecule has 0 bridgehead atoms. The Bertz CT molecular complexity index is 972. The number of hydrogen-bond donors (Lipinski definition) is 1. The van der Waals surface area contributed by atoms with E-state index in [2.05, 4.69) is 11.1 Å². The number of benzene rings is 1. The van der Waals surface area contributed by atoms with Crippen LogP contribution in [-0.2, 0) is 4.79 Å². The van der Waals surface area contributed by atoms with Crippen molar-refractivity contribution in [2.45, 2.75) is 26.8 Å². The molecular formula is C17H16N2O3S. The number of aliphatic carboxylic acids is 1. The fraction of sp³-hybridized carbons (Fsp3) is 0.235. The molecule has 118 valence electrons. The zero-order chi connectivity index (χ0) is 16.7. The molecule has 0 aliphatic heterocycles. The molecule has 0 saturated heterocycles. The van der Waals surface area contributed by atoms with E-state index in [1.807, 2.05) is 31.4 Å². The molecular weight excluding hydrogens is 312 g/mol. The van der Waals surface area contributed by atoms with Crippen LogP contribution in [0.1, 0.15) is 24.1 Å². The van der Waals surface area contributed by atoms with Gasteiger partial charge in [-0.1, -0.05) is 23.8 Å². The molecule has 23 heavy (non-hydrogen) atoms. The van der Waals surface area contributed by atoms with Crippen molar-refractivity contribution in [2.24, 2.45) is 0 Å². The average Bonchev–Trinajstić information content (AvgIpc) is 2.91. The summed E-state index contributed by atoms with van der Waals surface area (Å²) in [5.74, 6) is -1.06. The highest BCUT2D eigenvalue weighted by Crippen LogP contribution is 2.33. The highest BCUT2D eigenvalue weighted by Gasteiger charge is 2.19. The first-order valence-electron chi connectivity index (χ1n) is 7.19. The molecule has 0 radical (unpaired) electrons. The van der Waals surface area contributed by atoms with Crippen molar-refractivity contribution >= 4 is 27.5 Å². The Labute approximate surface area is 136 Å². The fourth-order valence-corrected chi connectivity index (χ4v) is 3.55. The second kappa shape index (κ2) is 5.62. The minimum atomic E-state index is -1.06. The SMILES string of the molecule is Cc1ccc(-c2csc3ncn([C@H](C)C(=O)O)c(=O)c23)c(C)c1. The number of carboxylic acids is 1. The van der Waals surface area contributed by atoms with Gasteiger partial charge in [0, 0.05) is 10.9 Å². The quantitative estimate of drug-likeness (QED) is 0.800. The molecule has 2 aromatic heterocycles. The number of carbonyl (C=O) groups is 1. The summed E-state index contributed by atoms with van der Waals surface area (Å²) in [6, 6.07) is 5.10. The van der Waals surface area contributed by atoms with E-state index in [0.29, 0.717) is 10.2 Å². The van der Waals surface area contributed by atoms with Crippen LogP contribution in [0.15, 0.2) is 34.7 Å². The van der Waals surface area contributed by atoms with Gasteiger partial charge in [-0.05, 0) is 31.9 Å². The first-order chi connectivity index (χ1) is 10.9. The topological polar surface area (TPSA) is 72.2 Å². The summed E-state index contributed by atoms with van der Waals surface area (Å²) in [5, 5.41) is 11.6. The Morgan fingerprint density at radius 3 is 2.70 bits per heavy atom. The fourth-order valence-electron chi connectivity index (χ4n) is 2.65. The number of hydrogen-bond acceptors (Lipinski definition) is 4. The van der Waals surface area contributed by atoms with Crippen molar-refractivity contribution in [1.82, 2.24) is 9.55 Å². The van der Waals surface area contributed by atoms with Crippen molar-refractivity contribution in [2.75, 3.05) is 0 Å². The molecule has 0 fully saturated rings. The summed E-state index contributed by atoms with van der Waals surface area (Å²) in [7, 11) is 0. The van der Waals surface area contributed by atoms with Gasteiger partial charge < -0.3 is 5.11 Å². The van der Waals surface area contributed by atoms with E-state index in [1.165, 1.54) is 29.2 Å². The lowest BCUT2D eigenvalue weighted by Crippen LogP contribution is -2.28. The third kappa shape index (κ3) is 2.55. The summed E-state index contributed by atoms with van der Waals surface area (Å²) in [6.45, 7) is 5.49. The van der Waals surface area contributed by atoms with E-state index < -0.39 is 12.0 Å². The summed E-state index contributed by atoms with van der Waals surface area (Å²) in [4.78, 5) is 28.8. The number of aryl methyl sites for hydroxylation is 2. The molecule has 2 heterocycles. The zero-order valence-corrected chi connectivity index (χ0v) is 13.8. The van der Waals surface area contributed by atoms with E-state index >= 15 is 0 Å². The minimum Gasteiger partial charge on any atom is -0.480 e. The molecule has 6 heteroatoms. The lowest BCUT2D eigenvalue weighted by atomic mass is 9.99. The highest BCUT2D eigenvalue weighted by molar-refractivity contribution is 7.17. The summed E-state index contributed by atoms with van der Waals surface area (Å²) < 4.78 is 1.17. The Morgan fingerprint density at radius 2 is 2.04 bits per heavy atom. The summed E-state index contributed by atoms with van der Waals surface area (Å²) in [6.07, 6.45) is 1.31. The number of fused-ring (bicyclic) bond motifs is 1. The third-order valence-electron chi connectivity index (χ3n) is 3.97. The van der Waals surface area contributed by atoms with Gasteiger partial charge in [0.1, 0.15) is 10.9 Å². The molecule has 3 aromatic rings. The van der Waals surface area contributed by atoms with Crippen molar-refractivity contribution in [3.63, 3.8) is 0 Å². The van der Waals surface area contributed by atoms with E-state index in [-0.39, 0.29) is 5.56 Å². The molecule has 1 atom stereocenters. The predicted octanol–water partition coefficient (Wildman–Crippen LogP) is 3.39. The number of rotatable bonds is 3. The molecule has 0 unspecified atom stereocenters. The molecule has 1 N–H and O–H groups in total. The first-order valence-corrected chi connectivity index (χ1v) is 8.07. The molecule has 0 spiro atoms. The van der Waals surface area contributed by atoms with Crippen LogP contribution in [0.25, 0.3) is 21.3 Å². The minimum absolute atomic E-state index is 0.318. The molecule has 0 aliphatic carbocycles. The molecule has 0 aliphatic rings. The lowest BCUT2D eigenvalue weighted by Gasteiger charge is -2.11. The van der Waals surface area contributed by atoms with Crippen molar-refractivity contribution < 1.29 is 9.90 Å². The first kappa shape index (κ1) is 15.4. The smallest absolute Gasteiger partial charge is 0.326 e. The number of carboxylic acid groups (broad SMARTS) is 1. The Morgan fingerprint density at radius 1 is 1.30 bits per heavy atom. The third-order valence-corrected chi connectivity index (χ3v) is 4.85. The predicted molar refractivity (Wildman–Crippen MR) is 91.1 cm³/mol. The normalized spacial score (nSPS) is 12.5. The molecule has 0 saturated carbocycles. The van der Waals surface area contributed by atoms with Gasteiger partial charge in [0.15, 0.2) is 0 Å². The van der Waals surface area contributed by atoms with Crippen LogP contribution < -0.4 is 5.56 Å². The molecule has 0 amide bonds. The van der Waals surface area contributed by atoms with Crippen LogP contribution in [0.5, 0.6) is 0 Å². The summed E-state index contributed by atoms with van der Waals surface area (Å²) >= 11 is 1.39. The van der Waals surface area contributed by atoms with Crippen molar-refractivity contribution in [3.8, 4) is 11.1 Å². The zero-order valence-electron chi connectivity index (χ0n) is 13.0. The van der Waals surface area contributed by atoms with Crippen molar-refractivity contribution in [1.29, 1.82) is 0 Å². The van der Waals surface area contributed by atoms with Gasteiger partial charge in [-0.2, -0.15) is 0 Å². The second-order valence-electron chi connectivity index (χ2n) is 5.62. The lowest BCUT2D eigenvalue weighted by molar-refractivity contribution is -0.140. The second-order valence-corrected chi connectivity index (χ2v) is 6.48. The Hall–Kier alpha value is -2.47. The Balaban J connectivity index is 2.29. The average molecular weight is 328 g/mol. The van der Waals surface area contributed by atoms with E-state index in [1.54, 1.807) is 0 Å². The van der Waals surface area contributed by atoms with Crippen LogP contribution in [0, 0.1) is 13.8 Å². The number of nitrogens with zero attached hydrogens (tertiary/aromatic N) is 2. The van der Waals surface area contributed by atoms with Gasteiger partial charge in [0.25, 0.3) is 5.56 Å². The van der Waals surface area contributed by atoms with Gasteiger partial charge in [-0.15, -0.1) is 11.3 Å². The number of thiophene rings is 1. The van der Waals surface area contributed by atoms with Crippen LogP contribution in [-0.4, -0.2) is 20.6 Å². The van der Waals surface area contributed by atoms with E-state index in [4.69, 9.17) is 5.11 Å². The van der Waals surface area contributed by atoms with E-state index in [0.717, 1.165) is 22.3 Å². The largest absolute Gasteiger partial charge is 0.480 e. The van der Waals surface area contributed by atoms with Gasteiger partial charge in [-0.25, -0.2) is 9.78 Å². The molecule has 3 rings (SSSR count). The van der Waals surface area contributed by atoms with Gasteiger partial charge in [-0.3, -0.25) is 9.36 Å². The standard InChI is InChI=1S/C17H16N2O3S/c1-9-4-5-12(10(2)6-9)13-7-23-15-14(13)16(20)19(8-18-15)11(3)17(21)22/h4-8,11H,1-3H3,(H,21,22)/t11-/m1/s1. The van der Waals surface area contributed by atoms with Crippen LogP contribution >= 0.6 is 11.3 Å². The van der Waals surface area contributed by atoms with Gasteiger partial charge in [0.2, 0.25) is 0 Å². The Kier molecular flexibility index (Phi) is 3.77. The van der Waals surface area contributed by atoms with E-state index in [9.17, 15) is 9.59 Å². The maximum absolute atomic E-state index is 12.8. The number of aromatic nitrogens is 2. The molecule has 1 aromatic carbocycles. The van der Waals surface area contributed by atoms with Gasteiger partial charge >= 0.3 is 5.97 Å².